The highest BCUT2D eigenvalue weighted by Crippen LogP contribution is 2.34. The number of carbonyl (C=O) groups is 1. The highest BCUT2D eigenvalue weighted by Gasteiger charge is 2.34. The third-order valence-electron chi connectivity index (χ3n) is 7.07. The van der Waals surface area contributed by atoms with Gasteiger partial charge in [-0.3, -0.25) is 0 Å². The third kappa shape index (κ3) is 7.71. The van der Waals surface area contributed by atoms with Crippen LogP contribution >= 0.6 is 12.4 Å². The van der Waals surface area contributed by atoms with Crippen LogP contribution in [-0.2, 0) is 12.4 Å². The topological polar surface area (TPSA) is 162 Å². The Hall–Kier alpha value is -4.06. The number of halogens is 7. The molecule has 4 aromatic rings. The minimum absolute atomic E-state index is 0. The van der Waals surface area contributed by atoms with Gasteiger partial charge in [-0.2, -0.15) is 36.3 Å². The number of rotatable bonds is 4. The van der Waals surface area contributed by atoms with E-state index >= 15 is 0 Å². The lowest BCUT2D eigenvalue weighted by molar-refractivity contribution is -0.138. The Bertz CT molecular complexity index is 1520. The van der Waals surface area contributed by atoms with Gasteiger partial charge in [0.1, 0.15) is 0 Å². The zero-order valence-corrected chi connectivity index (χ0v) is 23.5. The summed E-state index contributed by atoms with van der Waals surface area (Å²) in [6.07, 6.45) is -4.82. The van der Waals surface area contributed by atoms with Gasteiger partial charge >= 0.3 is 18.4 Å². The van der Waals surface area contributed by atoms with Crippen molar-refractivity contribution in [2.24, 2.45) is 0 Å². The lowest BCUT2D eigenvalue weighted by atomic mass is 9.98. The summed E-state index contributed by atoms with van der Waals surface area (Å²) in [6.45, 7) is 2.39. The van der Waals surface area contributed by atoms with E-state index in [9.17, 15) is 31.1 Å². The molecule has 0 aromatic carbocycles. The summed E-state index contributed by atoms with van der Waals surface area (Å²) in [5, 5.41) is 19.7. The quantitative estimate of drug-likeness (QED) is 0.196. The fourth-order valence-corrected chi connectivity index (χ4v) is 4.81. The van der Waals surface area contributed by atoms with Crippen molar-refractivity contribution in [1.29, 1.82) is 0 Å². The lowest BCUT2D eigenvalue weighted by Crippen LogP contribution is -2.38. The van der Waals surface area contributed by atoms with Crippen molar-refractivity contribution in [3.8, 4) is 23.0 Å². The Labute approximate surface area is 251 Å². The summed E-state index contributed by atoms with van der Waals surface area (Å²) in [5.41, 5.74) is -1.28. The molecule has 12 nitrogen and oxygen atoms in total. The second-order valence-corrected chi connectivity index (χ2v) is 10.1. The number of alkyl halides is 6. The molecule has 2 atom stereocenters. The number of hydrogen-bond donors (Lipinski definition) is 4. The van der Waals surface area contributed by atoms with Crippen LogP contribution in [0.1, 0.15) is 60.4 Å². The minimum atomic E-state index is -4.45. The molecule has 0 unspecified atom stereocenters. The molecule has 2 fully saturated rings. The van der Waals surface area contributed by atoms with Crippen LogP contribution in [0.5, 0.6) is 0 Å². The Morgan fingerprint density at radius 1 is 0.864 bits per heavy atom. The standard InChI is InChI=1S/C13H13F3N4O3.C12H13F3N4O.ClH/c14-13(15,16)8-4-9(17-5-8)10-18-11(23-19-10)7-2-1-3-20(6-7)12(21)22;13-12(14,15)8-4-9(17-6-8)10-18-11(20-19-10)7-2-1-3-16-5-7;/h4-5,7,17H,1-3,6H2,(H,21,22);4,6-7,16-17H,1-3,5H2;1H/t2*7-;/m00./s1. The van der Waals surface area contributed by atoms with E-state index in [1.165, 1.54) is 4.90 Å². The van der Waals surface area contributed by atoms with Crippen LogP contribution in [-0.4, -0.2) is 72.5 Å². The van der Waals surface area contributed by atoms with Crippen LogP contribution in [0.25, 0.3) is 23.0 Å². The van der Waals surface area contributed by atoms with Crippen molar-refractivity contribution in [2.75, 3.05) is 26.2 Å². The number of H-pyrrole nitrogens is 2. The van der Waals surface area contributed by atoms with Crippen molar-refractivity contribution < 1.29 is 45.3 Å². The van der Waals surface area contributed by atoms with E-state index in [0.717, 1.165) is 50.5 Å². The number of nitrogens with zero attached hydrogens (tertiary/aromatic N) is 5. The minimum Gasteiger partial charge on any atom is -0.465 e. The predicted octanol–water partition coefficient (Wildman–Crippen LogP) is 5.91. The van der Waals surface area contributed by atoms with E-state index < -0.39 is 29.6 Å². The van der Waals surface area contributed by atoms with Gasteiger partial charge in [-0.05, 0) is 44.4 Å². The van der Waals surface area contributed by atoms with E-state index in [-0.39, 0.29) is 59.7 Å². The number of carboxylic acid groups (broad SMARTS) is 1. The van der Waals surface area contributed by atoms with Crippen molar-refractivity contribution in [3.05, 3.63) is 47.4 Å². The van der Waals surface area contributed by atoms with Crippen molar-refractivity contribution in [2.45, 2.75) is 49.9 Å². The number of amides is 1. The number of aromatic amines is 2. The first-order valence-corrected chi connectivity index (χ1v) is 13.3. The summed E-state index contributed by atoms with van der Waals surface area (Å²) in [7, 11) is 0. The molecule has 0 saturated carbocycles. The maximum absolute atomic E-state index is 12.6. The molecule has 0 spiro atoms. The molecule has 0 aliphatic carbocycles. The molecule has 6 rings (SSSR count). The van der Waals surface area contributed by atoms with Gasteiger partial charge in [-0.1, -0.05) is 10.3 Å². The molecular formula is C25H27ClF6N8O4. The summed E-state index contributed by atoms with van der Waals surface area (Å²) in [4.78, 5) is 25.5. The highest BCUT2D eigenvalue weighted by atomic mass is 35.5. The van der Waals surface area contributed by atoms with E-state index in [1.54, 1.807) is 0 Å². The molecule has 0 radical (unpaired) electrons. The van der Waals surface area contributed by atoms with Crippen LogP contribution in [0.2, 0.25) is 0 Å². The molecular weight excluding hydrogens is 626 g/mol. The average Bonchev–Trinajstić information content (AvgIpc) is 3.79. The molecule has 2 saturated heterocycles. The maximum atomic E-state index is 12.6. The largest absolute Gasteiger partial charge is 0.465 e. The zero-order chi connectivity index (χ0) is 30.8. The van der Waals surface area contributed by atoms with Gasteiger partial charge in [0.2, 0.25) is 23.4 Å². The van der Waals surface area contributed by atoms with Crippen molar-refractivity contribution in [3.63, 3.8) is 0 Å². The number of aromatic nitrogens is 6. The molecule has 4 N–H and O–H groups in total. The van der Waals surface area contributed by atoms with Crippen LogP contribution < -0.4 is 5.32 Å². The lowest BCUT2D eigenvalue weighted by Gasteiger charge is -2.28. The van der Waals surface area contributed by atoms with E-state index in [4.69, 9.17) is 14.2 Å². The van der Waals surface area contributed by atoms with Crippen molar-refractivity contribution >= 4 is 18.5 Å². The van der Waals surface area contributed by atoms with Crippen LogP contribution in [0, 0.1) is 0 Å². The fourth-order valence-electron chi connectivity index (χ4n) is 4.81. The van der Waals surface area contributed by atoms with Crippen molar-refractivity contribution in [1.82, 2.24) is 40.5 Å². The Morgan fingerprint density at radius 2 is 1.39 bits per heavy atom. The van der Waals surface area contributed by atoms with E-state index in [2.05, 4.69) is 35.6 Å². The molecule has 19 heteroatoms. The SMILES string of the molecule is Cl.FC(F)(F)c1c[nH]c(-c2noc([C@H]3CCCNC3)n2)c1.O=C(O)N1CCC[C@H](c2nc(-c3cc(C(F)(F)F)c[nH]3)no2)C1. The van der Waals surface area contributed by atoms with Gasteiger partial charge in [0.25, 0.3) is 0 Å². The Kier molecular flexibility index (Phi) is 9.92. The molecule has 2 aliphatic rings. The normalized spacial score (nSPS) is 19.2. The zero-order valence-electron chi connectivity index (χ0n) is 22.7. The number of nitrogens with one attached hydrogen (secondary N) is 3. The smallest absolute Gasteiger partial charge is 0.417 e. The van der Waals surface area contributed by atoms with Gasteiger partial charge in [0.05, 0.1) is 34.4 Å². The predicted molar refractivity (Wildman–Crippen MR) is 142 cm³/mol. The van der Waals surface area contributed by atoms with Gasteiger partial charge in [0, 0.05) is 32.0 Å². The highest BCUT2D eigenvalue weighted by molar-refractivity contribution is 5.85. The number of likely N-dealkylation sites (tertiary alicyclic amines) is 1. The Morgan fingerprint density at radius 3 is 1.84 bits per heavy atom. The van der Waals surface area contributed by atoms with E-state index in [0.29, 0.717) is 25.3 Å². The van der Waals surface area contributed by atoms with Crippen LogP contribution in [0.3, 0.4) is 0 Å². The first kappa shape index (κ1) is 32.8. The second-order valence-electron chi connectivity index (χ2n) is 10.1. The second kappa shape index (κ2) is 13.3. The fraction of sp³-hybridized carbons (Fsp3) is 0.480. The number of hydrogen-bond acceptors (Lipinski definition) is 8. The molecule has 4 aromatic heterocycles. The first-order valence-electron chi connectivity index (χ1n) is 13.3. The third-order valence-corrected chi connectivity index (χ3v) is 7.07. The number of piperidine rings is 2. The van der Waals surface area contributed by atoms with Gasteiger partial charge in [0.15, 0.2) is 0 Å². The van der Waals surface area contributed by atoms with Crippen LogP contribution in [0.15, 0.2) is 33.6 Å². The molecule has 2 aliphatic heterocycles. The monoisotopic (exact) mass is 652 g/mol. The van der Waals surface area contributed by atoms with Crippen LogP contribution in [0.4, 0.5) is 31.1 Å². The van der Waals surface area contributed by atoms with Gasteiger partial charge in [-0.15, -0.1) is 12.4 Å². The summed E-state index contributed by atoms with van der Waals surface area (Å²) < 4.78 is 85.6. The average molecular weight is 653 g/mol. The molecule has 240 valence electrons. The first-order chi connectivity index (χ1) is 20.4. The molecule has 0 bridgehead atoms. The molecule has 6 heterocycles. The van der Waals surface area contributed by atoms with Gasteiger partial charge < -0.3 is 34.3 Å². The van der Waals surface area contributed by atoms with E-state index in [1.807, 2.05) is 0 Å². The molecule has 1 amide bonds. The Balaban J connectivity index is 0.000000198. The molecule has 44 heavy (non-hydrogen) atoms. The maximum Gasteiger partial charge on any atom is 0.417 e. The van der Waals surface area contributed by atoms with Gasteiger partial charge in [-0.25, -0.2) is 4.79 Å². The summed E-state index contributed by atoms with van der Waals surface area (Å²) in [6, 6.07) is 1.88. The summed E-state index contributed by atoms with van der Waals surface area (Å²) >= 11 is 0. The summed E-state index contributed by atoms with van der Waals surface area (Å²) in [5.74, 6) is 0.744.